The summed E-state index contributed by atoms with van der Waals surface area (Å²) in [6, 6.07) is 0. The van der Waals surface area contributed by atoms with Gasteiger partial charge in [-0.1, -0.05) is 20.3 Å². The van der Waals surface area contributed by atoms with Gasteiger partial charge in [-0.25, -0.2) is 0 Å². The van der Waals surface area contributed by atoms with E-state index in [9.17, 15) is 4.79 Å². The van der Waals surface area contributed by atoms with Crippen LogP contribution in [0.2, 0.25) is 0 Å². The molecule has 1 amide bonds. The minimum Gasteiger partial charge on any atom is -0.395 e. The Kier molecular flexibility index (Phi) is 3.22. The zero-order valence-corrected chi connectivity index (χ0v) is 12.4. The van der Waals surface area contributed by atoms with Crippen molar-refractivity contribution < 1.29 is 4.79 Å². The van der Waals surface area contributed by atoms with Crippen LogP contribution in [0.25, 0.3) is 0 Å². The number of carbonyl (C=O) groups is 1. The lowest BCUT2D eigenvalue weighted by Crippen LogP contribution is -2.42. The second kappa shape index (κ2) is 4.79. The number of rotatable bonds is 3. The molecule has 0 spiro atoms. The van der Waals surface area contributed by atoms with E-state index < -0.39 is 0 Å². The van der Waals surface area contributed by atoms with E-state index in [1.807, 2.05) is 4.90 Å². The number of hydrogen-bond acceptors (Lipinski definition) is 3. The molecule has 1 aliphatic carbocycles. The number of anilines is 1. The Morgan fingerprint density at radius 2 is 2.10 bits per heavy atom. The molecule has 0 aromatic carbocycles. The number of piperidine rings is 1. The van der Waals surface area contributed by atoms with Crippen LogP contribution in [-0.2, 0) is 0 Å². The van der Waals surface area contributed by atoms with Gasteiger partial charge in [0.2, 0.25) is 0 Å². The number of aromatic nitrogens is 2. The Morgan fingerprint density at radius 1 is 1.45 bits per heavy atom. The number of carbonyl (C=O) groups excluding carboxylic acids is 1. The number of nitrogen functional groups attached to an aromatic ring is 1. The third-order valence-electron chi connectivity index (χ3n) is 5.13. The summed E-state index contributed by atoms with van der Waals surface area (Å²) < 4.78 is 0. The molecule has 0 bridgehead atoms. The fraction of sp³-hybridized carbons (Fsp3) is 0.733. The minimum atomic E-state index is -0.0104. The number of H-pyrrole nitrogens is 1. The Morgan fingerprint density at radius 3 is 2.65 bits per heavy atom. The number of nitrogens with one attached hydrogen (secondary N) is 1. The molecule has 3 N–H and O–H groups in total. The van der Waals surface area contributed by atoms with Crippen molar-refractivity contribution in [2.24, 2.45) is 5.41 Å². The summed E-state index contributed by atoms with van der Waals surface area (Å²) in [5, 5.41) is 7.13. The smallest absolute Gasteiger partial charge is 0.276 e. The highest BCUT2D eigenvalue weighted by molar-refractivity contribution is 5.97. The summed E-state index contributed by atoms with van der Waals surface area (Å²) in [7, 11) is 0. The van der Waals surface area contributed by atoms with Crippen molar-refractivity contribution in [2.75, 3.05) is 18.8 Å². The van der Waals surface area contributed by atoms with Gasteiger partial charge in [0.1, 0.15) is 0 Å². The van der Waals surface area contributed by atoms with Crippen LogP contribution < -0.4 is 5.73 Å². The van der Waals surface area contributed by atoms with Crippen LogP contribution in [0.1, 0.15) is 68.1 Å². The number of hydrogen-bond donors (Lipinski definition) is 2. The quantitative estimate of drug-likeness (QED) is 0.890. The minimum absolute atomic E-state index is 0.0104. The SMILES string of the molecule is CCC1(C)CCN(C(=O)c2n[nH]c(C3CC3)c2N)CC1. The first-order valence-electron chi connectivity index (χ1n) is 7.67. The average Bonchev–Trinajstić information content (AvgIpc) is 3.22. The summed E-state index contributed by atoms with van der Waals surface area (Å²) in [6.07, 6.45) is 5.60. The fourth-order valence-electron chi connectivity index (χ4n) is 2.96. The molecule has 2 heterocycles. The molecule has 0 radical (unpaired) electrons. The van der Waals surface area contributed by atoms with Gasteiger partial charge in [-0.15, -0.1) is 0 Å². The Bertz CT molecular complexity index is 510. The van der Waals surface area contributed by atoms with Gasteiger partial charge in [-0.05, 0) is 31.1 Å². The molecular weight excluding hydrogens is 252 g/mol. The first-order valence-corrected chi connectivity index (χ1v) is 7.67. The van der Waals surface area contributed by atoms with Gasteiger partial charge in [0, 0.05) is 19.0 Å². The van der Waals surface area contributed by atoms with Crippen molar-refractivity contribution in [2.45, 2.75) is 51.9 Å². The van der Waals surface area contributed by atoms with Crippen molar-refractivity contribution >= 4 is 11.6 Å². The Hall–Kier alpha value is -1.52. The molecule has 0 atom stereocenters. The summed E-state index contributed by atoms with van der Waals surface area (Å²) >= 11 is 0. The van der Waals surface area contributed by atoms with Gasteiger partial charge in [0.25, 0.3) is 5.91 Å². The first kappa shape index (κ1) is 13.5. The zero-order chi connectivity index (χ0) is 14.3. The number of nitrogens with zero attached hydrogens (tertiary/aromatic N) is 2. The van der Waals surface area contributed by atoms with E-state index in [0.29, 0.717) is 22.7 Å². The lowest BCUT2D eigenvalue weighted by Gasteiger charge is -2.38. The molecule has 1 aromatic heterocycles. The maximum atomic E-state index is 12.5. The van der Waals surface area contributed by atoms with E-state index in [2.05, 4.69) is 24.0 Å². The van der Waals surface area contributed by atoms with Gasteiger partial charge in [0.05, 0.1) is 11.4 Å². The lowest BCUT2D eigenvalue weighted by atomic mass is 9.78. The number of nitrogens with two attached hydrogens (primary N) is 1. The fourth-order valence-corrected chi connectivity index (χ4v) is 2.96. The summed E-state index contributed by atoms with van der Waals surface area (Å²) in [6.45, 7) is 6.16. The second-order valence-corrected chi connectivity index (χ2v) is 6.63. The van der Waals surface area contributed by atoms with Crippen molar-refractivity contribution in [1.29, 1.82) is 0 Å². The van der Waals surface area contributed by atoms with E-state index in [0.717, 1.165) is 44.5 Å². The van der Waals surface area contributed by atoms with Crippen LogP contribution >= 0.6 is 0 Å². The van der Waals surface area contributed by atoms with Gasteiger partial charge < -0.3 is 10.6 Å². The van der Waals surface area contributed by atoms with Crippen LogP contribution in [0.5, 0.6) is 0 Å². The molecule has 1 saturated carbocycles. The summed E-state index contributed by atoms with van der Waals surface area (Å²) in [4.78, 5) is 14.4. The number of likely N-dealkylation sites (tertiary alicyclic amines) is 1. The molecule has 2 aliphatic rings. The summed E-state index contributed by atoms with van der Waals surface area (Å²) in [5.41, 5.74) is 8.43. The van der Waals surface area contributed by atoms with Crippen LogP contribution in [-0.4, -0.2) is 34.1 Å². The second-order valence-electron chi connectivity index (χ2n) is 6.63. The molecular formula is C15H24N4O. The van der Waals surface area contributed by atoms with Crippen molar-refractivity contribution in [3.05, 3.63) is 11.4 Å². The summed E-state index contributed by atoms with van der Waals surface area (Å²) in [5.74, 6) is 0.484. The maximum Gasteiger partial charge on any atom is 0.276 e. The monoisotopic (exact) mass is 276 g/mol. The Labute approximate surface area is 119 Å². The largest absolute Gasteiger partial charge is 0.395 e. The molecule has 110 valence electrons. The topological polar surface area (TPSA) is 75.0 Å². The predicted octanol–water partition coefficient (Wildman–Crippen LogP) is 2.52. The van der Waals surface area contributed by atoms with Gasteiger partial charge in [-0.3, -0.25) is 9.89 Å². The standard InChI is InChI=1S/C15H24N4O/c1-3-15(2)6-8-19(9-7-15)14(20)13-11(16)12(17-18-13)10-4-5-10/h10H,3-9,16H2,1-2H3,(H,17,18). The van der Waals surface area contributed by atoms with Crippen molar-refractivity contribution in [3.63, 3.8) is 0 Å². The highest BCUT2D eigenvalue weighted by Crippen LogP contribution is 2.42. The zero-order valence-electron chi connectivity index (χ0n) is 12.4. The van der Waals surface area contributed by atoms with Crippen LogP contribution in [0.4, 0.5) is 5.69 Å². The van der Waals surface area contributed by atoms with Crippen LogP contribution in [0, 0.1) is 5.41 Å². The molecule has 1 saturated heterocycles. The highest BCUT2D eigenvalue weighted by Gasteiger charge is 2.34. The van der Waals surface area contributed by atoms with Gasteiger partial charge in [0.15, 0.2) is 5.69 Å². The van der Waals surface area contributed by atoms with Gasteiger partial charge in [-0.2, -0.15) is 5.10 Å². The highest BCUT2D eigenvalue weighted by atomic mass is 16.2. The van der Waals surface area contributed by atoms with E-state index in [-0.39, 0.29) is 5.91 Å². The van der Waals surface area contributed by atoms with Crippen LogP contribution in [0.3, 0.4) is 0 Å². The molecule has 3 rings (SSSR count). The number of amides is 1. The third kappa shape index (κ3) is 2.30. The molecule has 20 heavy (non-hydrogen) atoms. The average molecular weight is 276 g/mol. The molecule has 5 heteroatoms. The normalized spacial score (nSPS) is 22.0. The molecule has 1 aromatic rings. The molecule has 2 fully saturated rings. The third-order valence-corrected chi connectivity index (χ3v) is 5.13. The molecule has 1 aliphatic heterocycles. The van der Waals surface area contributed by atoms with Crippen molar-refractivity contribution in [3.8, 4) is 0 Å². The van der Waals surface area contributed by atoms with E-state index >= 15 is 0 Å². The molecule has 5 nitrogen and oxygen atoms in total. The number of aromatic amines is 1. The van der Waals surface area contributed by atoms with E-state index in [1.165, 1.54) is 6.42 Å². The van der Waals surface area contributed by atoms with Crippen molar-refractivity contribution in [1.82, 2.24) is 15.1 Å². The Balaban J connectivity index is 1.70. The first-order chi connectivity index (χ1) is 9.54. The van der Waals surface area contributed by atoms with Crippen LogP contribution in [0.15, 0.2) is 0 Å². The maximum absolute atomic E-state index is 12.5. The van der Waals surface area contributed by atoms with Gasteiger partial charge >= 0.3 is 0 Å². The molecule has 0 unspecified atom stereocenters. The predicted molar refractivity (Wildman–Crippen MR) is 78.5 cm³/mol. The van der Waals surface area contributed by atoms with E-state index in [1.54, 1.807) is 0 Å². The van der Waals surface area contributed by atoms with E-state index in [4.69, 9.17) is 5.73 Å². The lowest BCUT2D eigenvalue weighted by molar-refractivity contribution is 0.0595.